The van der Waals surface area contributed by atoms with E-state index >= 15 is 0 Å². The standard InChI is InChI=1S/C21H22F3N/c1-20-16(9-12-19(20)15-5-3-2-4-6-15)13-14-25(20)18-10-7-17(8-11-18)21(22,23)24/h2-8,10-11,16,19H,9,12-14H2,1H3/t16?,19-,20-/m0/s1. The molecule has 1 unspecified atom stereocenters. The molecule has 4 rings (SSSR count). The maximum absolute atomic E-state index is 12.9. The first-order valence-electron chi connectivity index (χ1n) is 8.90. The highest BCUT2D eigenvalue weighted by Gasteiger charge is 2.54. The predicted octanol–water partition coefficient (Wildman–Crippen LogP) is 5.87. The Morgan fingerprint density at radius 3 is 2.24 bits per heavy atom. The number of hydrogen-bond acceptors (Lipinski definition) is 1. The van der Waals surface area contributed by atoms with Gasteiger partial charge in [-0.1, -0.05) is 30.3 Å². The van der Waals surface area contributed by atoms with Crippen LogP contribution < -0.4 is 4.90 Å². The summed E-state index contributed by atoms with van der Waals surface area (Å²) in [6.07, 6.45) is -0.841. The van der Waals surface area contributed by atoms with Gasteiger partial charge in [-0.3, -0.25) is 0 Å². The van der Waals surface area contributed by atoms with Crippen LogP contribution in [0.15, 0.2) is 54.6 Å². The van der Waals surface area contributed by atoms with Gasteiger partial charge in [-0.25, -0.2) is 0 Å². The molecule has 1 heterocycles. The number of nitrogens with zero attached hydrogens (tertiary/aromatic N) is 1. The largest absolute Gasteiger partial charge is 0.416 e. The van der Waals surface area contributed by atoms with Crippen LogP contribution in [0, 0.1) is 5.92 Å². The lowest BCUT2D eigenvalue weighted by molar-refractivity contribution is -0.137. The first-order chi connectivity index (χ1) is 11.9. The van der Waals surface area contributed by atoms with Crippen LogP contribution in [-0.4, -0.2) is 12.1 Å². The summed E-state index contributed by atoms with van der Waals surface area (Å²) in [6, 6.07) is 16.2. The normalized spacial score (nSPS) is 29.0. The minimum atomic E-state index is -4.28. The molecular formula is C21H22F3N. The van der Waals surface area contributed by atoms with Crippen LogP contribution >= 0.6 is 0 Å². The molecule has 1 aliphatic carbocycles. The van der Waals surface area contributed by atoms with E-state index < -0.39 is 11.7 Å². The summed E-state index contributed by atoms with van der Waals surface area (Å²) in [4.78, 5) is 2.35. The van der Waals surface area contributed by atoms with Crippen LogP contribution in [0.5, 0.6) is 0 Å². The average molecular weight is 345 g/mol. The zero-order valence-corrected chi connectivity index (χ0v) is 14.3. The Morgan fingerprint density at radius 2 is 1.60 bits per heavy atom. The van der Waals surface area contributed by atoms with Crippen LogP contribution in [0.1, 0.15) is 43.2 Å². The maximum atomic E-state index is 12.9. The molecule has 0 N–H and O–H groups in total. The van der Waals surface area contributed by atoms with Gasteiger partial charge < -0.3 is 4.90 Å². The Balaban J connectivity index is 1.68. The van der Waals surface area contributed by atoms with Crippen LogP contribution in [0.25, 0.3) is 0 Å². The number of hydrogen-bond donors (Lipinski definition) is 0. The van der Waals surface area contributed by atoms with Crippen molar-refractivity contribution in [3.63, 3.8) is 0 Å². The summed E-state index contributed by atoms with van der Waals surface area (Å²) in [7, 11) is 0. The van der Waals surface area contributed by atoms with Gasteiger partial charge in [-0.2, -0.15) is 13.2 Å². The number of rotatable bonds is 2. The van der Waals surface area contributed by atoms with Crippen molar-refractivity contribution in [2.45, 2.75) is 43.8 Å². The molecule has 1 aliphatic heterocycles. The Morgan fingerprint density at radius 1 is 0.920 bits per heavy atom. The Hall–Kier alpha value is -1.97. The third-order valence-electron chi connectivity index (χ3n) is 6.33. The summed E-state index contributed by atoms with van der Waals surface area (Å²) in [5.41, 5.74) is 1.64. The van der Waals surface area contributed by atoms with Crippen molar-refractivity contribution in [3.05, 3.63) is 65.7 Å². The molecule has 0 spiro atoms. The lowest BCUT2D eigenvalue weighted by Gasteiger charge is -2.42. The molecule has 1 saturated carbocycles. The zero-order valence-electron chi connectivity index (χ0n) is 14.3. The summed E-state index contributed by atoms with van der Waals surface area (Å²) in [5.74, 6) is 1.02. The Kier molecular flexibility index (Phi) is 3.82. The lowest BCUT2D eigenvalue weighted by atomic mass is 9.79. The van der Waals surface area contributed by atoms with Gasteiger partial charge in [0.05, 0.1) is 5.56 Å². The lowest BCUT2D eigenvalue weighted by Crippen LogP contribution is -2.47. The molecule has 0 radical (unpaired) electrons. The molecular weight excluding hydrogens is 323 g/mol. The summed E-state index contributed by atoms with van der Waals surface area (Å²) in [5, 5.41) is 0. The van der Waals surface area contributed by atoms with Gasteiger partial charge in [0.2, 0.25) is 0 Å². The molecule has 2 aromatic carbocycles. The second-order valence-corrected chi connectivity index (χ2v) is 7.45. The van der Waals surface area contributed by atoms with E-state index in [1.165, 1.54) is 24.1 Å². The highest BCUT2D eigenvalue weighted by Crippen LogP contribution is 2.55. The van der Waals surface area contributed by atoms with Crippen molar-refractivity contribution in [1.82, 2.24) is 0 Å². The average Bonchev–Trinajstić information content (AvgIpc) is 3.09. The topological polar surface area (TPSA) is 3.24 Å². The molecule has 2 aliphatic rings. The van der Waals surface area contributed by atoms with Crippen molar-refractivity contribution < 1.29 is 13.2 Å². The minimum absolute atomic E-state index is 0.0267. The second kappa shape index (κ2) is 5.79. The molecule has 2 aromatic rings. The highest BCUT2D eigenvalue weighted by molar-refractivity contribution is 5.54. The van der Waals surface area contributed by atoms with Crippen LogP contribution in [0.4, 0.5) is 18.9 Å². The van der Waals surface area contributed by atoms with Gasteiger partial charge >= 0.3 is 6.18 Å². The first-order valence-corrected chi connectivity index (χ1v) is 8.90. The third-order valence-corrected chi connectivity index (χ3v) is 6.33. The molecule has 0 amide bonds. The first kappa shape index (κ1) is 16.5. The summed E-state index contributed by atoms with van der Waals surface area (Å²) in [6.45, 7) is 3.21. The number of anilines is 1. The molecule has 25 heavy (non-hydrogen) atoms. The van der Waals surface area contributed by atoms with E-state index in [0.717, 1.165) is 25.1 Å². The van der Waals surface area contributed by atoms with Crippen LogP contribution in [0.3, 0.4) is 0 Å². The van der Waals surface area contributed by atoms with Crippen molar-refractivity contribution in [2.75, 3.05) is 11.4 Å². The highest BCUT2D eigenvalue weighted by atomic mass is 19.4. The fourth-order valence-corrected chi connectivity index (χ4v) is 5.03. The van der Waals surface area contributed by atoms with Gasteiger partial charge in [0.15, 0.2) is 0 Å². The minimum Gasteiger partial charge on any atom is -0.365 e. The van der Waals surface area contributed by atoms with Crippen LogP contribution in [-0.2, 0) is 6.18 Å². The Bertz CT molecular complexity index is 738. The molecule has 3 atom stereocenters. The second-order valence-electron chi connectivity index (χ2n) is 7.45. The molecule has 132 valence electrons. The summed E-state index contributed by atoms with van der Waals surface area (Å²) >= 11 is 0. The van der Waals surface area contributed by atoms with Gasteiger partial charge in [0, 0.05) is 23.7 Å². The SMILES string of the molecule is C[C@]12C(CC[C@H]1c1ccccc1)CCN2c1ccc(C(F)(F)F)cc1. The number of alkyl halides is 3. The van der Waals surface area contributed by atoms with Crippen molar-refractivity contribution in [3.8, 4) is 0 Å². The summed E-state index contributed by atoms with van der Waals surface area (Å²) < 4.78 is 38.6. The van der Waals surface area contributed by atoms with Crippen LogP contribution in [0.2, 0.25) is 0 Å². The number of halogens is 3. The number of fused-ring (bicyclic) bond motifs is 1. The molecule has 1 saturated heterocycles. The zero-order chi connectivity index (χ0) is 17.7. The molecule has 0 bridgehead atoms. The van der Waals surface area contributed by atoms with Gasteiger partial charge in [0.1, 0.15) is 0 Å². The molecule has 2 fully saturated rings. The van der Waals surface area contributed by atoms with Gasteiger partial charge in [0.25, 0.3) is 0 Å². The fourth-order valence-electron chi connectivity index (χ4n) is 5.03. The molecule has 0 aromatic heterocycles. The smallest absolute Gasteiger partial charge is 0.365 e. The fraction of sp³-hybridized carbons (Fsp3) is 0.429. The van der Waals surface area contributed by atoms with Crippen molar-refractivity contribution in [1.29, 1.82) is 0 Å². The van der Waals surface area contributed by atoms with E-state index in [1.807, 2.05) is 6.07 Å². The Labute approximate surface area is 146 Å². The molecule has 1 nitrogen and oxygen atoms in total. The molecule has 4 heteroatoms. The monoisotopic (exact) mass is 345 g/mol. The van der Waals surface area contributed by atoms with Gasteiger partial charge in [-0.05, 0) is 61.9 Å². The van der Waals surface area contributed by atoms with E-state index in [0.29, 0.717) is 11.8 Å². The van der Waals surface area contributed by atoms with E-state index in [9.17, 15) is 13.2 Å². The quantitative estimate of drug-likeness (QED) is 0.658. The maximum Gasteiger partial charge on any atom is 0.416 e. The van der Waals surface area contributed by atoms with Crippen molar-refractivity contribution >= 4 is 5.69 Å². The third kappa shape index (κ3) is 2.62. The number of benzene rings is 2. The van der Waals surface area contributed by atoms with E-state index in [2.05, 4.69) is 36.1 Å². The van der Waals surface area contributed by atoms with E-state index in [4.69, 9.17) is 0 Å². The van der Waals surface area contributed by atoms with Gasteiger partial charge in [-0.15, -0.1) is 0 Å². The predicted molar refractivity (Wildman–Crippen MR) is 93.7 cm³/mol. The van der Waals surface area contributed by atoms with Crippen molar-refractivity contribution in [2.24, 2.45) is 5.92 Å². The van der Waals surface area contributed by atoms with E-state index in [-0.39, 0.29) is 5.54 Å². The van der Waals surface area contributed by atoms with E-state index in [1.54, 1.807) is 12.1 Å².